The third kappa shape index (κ3) is 8.33. The lowest BCUT2D eigenvalue weighted by molar-refractivity contribution is -0.123. The molecule has 1 amide bonds. The van der Waals surface area contributed by atoms with Gasteiger partial charge < -0.3 is 20.3 Å². The second-order valence-electron chi connectivity index (χ2n) is 11.1. The average molecular weight is 633 g/mol. The molecule has 234 valence electrons. The molecule has 1 saturated carbocycles. The molecular weight excluding hydrogens is 597 g/mol. The number of nitriles is 1. The largest absolute Gasteiger partial charge is 0.477 e. The SMILES string of the molecule is N#Cc1ccc(Cn2cncc2CN(C(=O)C2CCCCC2)c2ccc(-c3ccc(C(=O)O)s3)cc2)cc1.NCc1ccccn1. The Balaban J connectivity index is 0.000000455. The van der Waals surface area contributed by atoms with Gasteiger partial charge in [-0.15, -0.1) is 11.3 Å². The number of rotatable bonds is 9. The van der Waals surface area contributed by atoms with Gasteiger partial charge in [-0.1, -0.05) is 49.6 Å². The molecule has 0 bridgehead atoms. The van der Waals surface area contributed by atoms with Crippen LogP contribution in [0.4, 0.5) is 5.69 Å². The minimum atomic E-state index is -0.931. The van der Waals surface area contributed by atoms with Gasteiger partial charge in [0.1, 0.15) is 4.88 Å². The predicted molar refractivity (Wildman–Crippen MR) is 179 cm³/mol. The Morgan fingerprint density at radius 2 is 1.76 bits per heavy atom. The maximum atomic E-state index is 13.8. The Morgan fingerprint density at radius 3 is 2.37 bits per heavy atom. The smallest absolute Gasteiger partial charge is 0.345 e. The number of aromatic nitrogens is 3. The summed E-state index contributed by atoms with van der Waals surface area (Å²) in [5, 5.41) is 18.3. The lowest BCUT2D eigenvalue weighted by Gasteiger charge is -2.30. The number of thiophene rings is 1. The van der Waals surface area contributed by atoms with E-state index < -0.39 is 5.97 Å². The first-order valence-corrected chi connectivity index (χ1v) is 16.1. The van der Waals surface area contributed by atoms with Crippen molar-refractivity contribution in [3.05, 3.63) is 125 Å². The Morgan fingerprint density at radius 1 is 1.00 bits per heavy atom. The number of nitrogens with zero attached hydrogens (tertiary/aromatic N) is 5. The maximum Gasteiger partial charge on any atom is 0.345 e. The average Bonchev–Trinajstić information content (AvgIpc) is 3.79. The summed E-state index contributed by atoms with van der Waals surface area (Å²) in [4.78, 5) is 36.5. The van der Waals surface area contributed by atoms with E-state index in [1.165, 1.54) is 17.8 Å². The molecule has 3 heterocycles. The number of carbonyl (C=O) groups is 2. The normalized spacial score (nSPS) is 12.9. The molecule has 0 saturated heterocycles. The molecule has 2 aromatic carbocycles. The van der Waals surface area contributed by atoms with Crippen LogP contribution in [0.25, 0.3) is 10.4 Å². The van der Waals surface area contributed by atoms with E-state index in [1.807, 2.05) is 70.1 Å². The summed E-state index contributed by atoms with van der Waals surface area (Å²) in [7, 11) is 0. The summed E-state index contributed by atoms with van der Waals surface area (Å²) in [5.41, 5.74) is 10.5. The van der Waals surface area contributed by atoms with Crippen LogP contribution in [0.3, 0.4) is 0 Å². The molecule has 9 nitrogen and oxygen atoms in total. The first-order chi connectivity index (χ1) is 22.4. The molecule has 46 heavy (non-hydrogen) atoms. The van der Waals surface area contributed by atoms with Gasteiger partial charge in [-0.25, -0.2) is 9.78 Å². The summed E-state index contributed by atoms with van der Waals surface area (Å²) in [6.07, 6.45) is 10.5. The van der Waals surface area contributed by atoms with Crippen LogP contribution < -0.4 is 10.6 Å². The van der Waals surface area contributed by atoms with Crippen LogP contribution in [0, 0.1) is 17.2 Å². The minimum Gasteiger partial charge on any atom is -0.477 e. The van der Waals surface area contributed by atoms with Crippen molar-refractivity contribution in [3.63, 3.8) is 0 Å². The van der Waals surface area contributed by atoms with E-state index in [1.54, 1.807) is 36.9 Å². The Labute approximate surface area is 272 Å². The second-order valence-corrected chi connectivity index (χ2v) is 12.2. The zero-order chi connectivity index (χ0) is 32.3. The zero-order valence-corrected chi connectivity index (χ0v) is 26.3. The number of nitrogens with two attached hydrogens (primary N) is 1. The third-order valence-electron chi connectivity index (χ3n) is 7.99. The highest BCUT2D eigenvalue weighted by Gasteiger charge is 2.28. The second kappa shape index (κ2) is 15.8. The van der Waals surface area contributed by atoms with Gasteiger partial charge in [-0.3, -0.25) is 9.78 Å². The number of amides is 1. The van der Waals surface area contributed by atoms with Gasteiger partial charge in [-0.05, 0) is 72.5 Å². The molecule has 10 heteroatoms. The van der Waals surface area contributed by atoms with Gasteiger partial charge in [0.2, 0.25) is 5.91 Å². The minimum absolute atomic E-state index is 0.00810. The quantitative estimate of drug-likeness (QED) is 0.181. The van der Waals surface area contributed by atoms with Crippen LogP contribution in [0.2, 0.25) is 0 Å². The molecule has 0 radical (unpaired) electrons. The molecule has 1 aliphatic carbocycles. The predicted octanol–water partition coefficient (Wildman–Crippen LogP) is 6.88. The van der Waals surface area contributed by atoms with Crippen LogP contribution in [-0.2, 0) is 24.4 Å². The number of hydrogen-bond acceptors (Lipinski definition) is 7. The van der Waals surface area contributed by atoms with E-state index >= 15 is 0 Å². The van der Waals surface area contributed by atoms with Gasteiger partial charge in [0.25, 0.3) is 0 Å². The highest BCUT2D eigenvalue weighted by molar-refractivity contribution is 7.17. The van der Waals surface area contributed by atoms with Crippen molar-refractivity contribution in [3.8, 4) is 16.5 Å². The van der Waals surface area contributed by atoms with Gasteiger partial charge in [0, 0.05) is 42.0 Å². The number of carboxylic acids is 1. The van der Waals surface area contributed by atoms with Gasteiger partial charge in [0.05, 0.1) is 35.9 Å². The fraction of sp³-hybridized carbons (Fsp3) is 0.250. The number of imidazole rings is 1. The molecule has 1 fully saturated rings. The van der Waals surface area contributed by atoms with E-state index in [0.29, 0.717) is 30.1 Å². The molecule has 3 N–H and O–H groups in total. The molecule has 3 aromatic heterocycles. The van der Waals surface area contributed by atoms with Crippen LogP contribution in [0.1, 0.15) is 64.3 Å². The Hall–Kier alpha value is -5.11. The number of pyridine rings is 1. The van der Waals surface area contributed by atoms with Gasteiger partial charge >= 0.3 is 5.97 Å². The van der Waals surface area contributed by atoms with Crippen molar-refractivity contribution in [2.24, 2.45) is 11.7 Å². The number of aromatic carboxylic acids is 1. The number of carbonyl (C=O) groups excluding carboxylic acids is 1. The van der Waals surface area contributed by atoms with E-state index in [-0.39, 0.29) is 11.8 Å². The lowest BCUT2D eigenvalue weighted by atomic mass is 9.88. The Bertz CT molecular complexity index is 1770. The molecule has 0 unspecified atom stereocenters. The molecule has 0 aliphatic heterocycles. The third-order valence-corrected chi connectivity index (χ3v) is 9.11. The monoisotopic (exact) mass is 632 g/mol. The van der Waals surface area contributed by atoms with Crippen LogP contribution >= 0.6 is 11.3 Å². The number of hydrogen-bond donors (Lipinski definition) is 2. The molecule has 6 rings (SSSR count). The highest BCUT2D eigenvalue weighted by atomic mass is 32.1. The first kappa shape index (κ1) is 32.3. The van der Waals surface area contributed by atoms with Gasteiger partial charge in [-0.2, -0.15) is 5.26 Å². The fourth-order valence-corrected chi connectivity index (χ4v) is 6.31. The van der Waals surface area contributed by atoms with E-state index in [2.05, 4.69) is 16.0 Å². The topological polar surface area (TPSA) is 138 Å². The zero-order valence-electron chi connectivity index (χ0n) is 25.5. The van der Waals surface area contributed by atoms with Crippen LogP contribution in [0.15, 0.2) is 97.6 Å². The van der Waals surface area contributed by atoms with Gasteiger partial charge in [0.15, 0.2) is 0 Å². The molecule has 5 aromatic rings. The van der Waals surface area contributed by atoms with Crippen LogP contribution in [-0.4, -0.2) is 31.5 Å². The van der Waals surface area contributed by atoms with Crippen molar-refractivity contribution in [2.75, 3.05) is 4.90 Å². The molecular formula is C36H36N6O3S. The maximum absolute atomic E-state index is 13.8. The summed E-state index contributed by atoms with van der Waals surface area (Å²) in [6.45, 7) is 1.52. The number of benzene rings is 2. The highest BCUT2D eigenvalue weighted by Crippen LogP contribution is 2.32. The summed E-state index contributed by atoms with van der Waals surface area (Å²) < 4.78 is 2.04. The summed E-state index contributed by atoms with van der Waals surface area (Å²) in [6, 6.07) is 26.5. The molecule has 0 atom stereocenters. The van der Waals surface area contributed by atoms with Crippen molar-refractivity contribution in [1.29, 1.82) is 5.26 Å². The Kier molecular flexibility index (Phi) is 11.1. The number of anilines is 1. The van der Waals surface area contributed by atoms with Crippen molar-refractivity contribution < 1.29 is 14.7 Å². The van der Waals surface area contributed by atoms with Crippen molar-refractivity contribution >= 4 is 28.9 Å². The molecule has 1 aliphatic rings. The standard InChI is InChI=1S/C30H28N4O3S.C6H8N2/c31-16-21-6-8-22(9-7-21)18-33-20-32-17-26(33)19-34(29(35)24-4-2-1-3-5-24)25-12-10-23(11-13-25)27-14-15-28(38-27)30(36)37;7-5-6-3-1-2-4-8-6/h6-15,17,20,24H,1-5,18-19H2,(H,36,37);1-4H,5,7H2. The van der Waals surface area contributed by atoms with Crippen LogP contribution in [0.5, 0.6) is 0 Å². The fourth-order valence-electron chi connectivity index (χ4n) is 5.46. The number of carboxylic acid groups (broad SMARTS) is 1. The van der Waals surface area contributed by atoms with E-state index in [0.717, 1.165) is 58.8 Å². The van der Waals surface area contributed by atoms with Crippen molar-refractivity contribution in [1.82, 2.24) is 14.5 Å². The molecule has 0 spiro atoms. The first-order valence-electron chi connectivity index (χ1n) is 15.3. The summed E-state index contributed by atoms with van der Waals surface area (Å²) in [5.74, 6) is -0.790. The summed E-state index contributed by atoms with van der Waals surface area (Å²) >= 11 is 1.24. The lowest BCUT2D eigenvalue weighted by Crippen LogP contribution is -2.37. The van der Waals surface area contributed by atoms with E-state index in [9.17, 15) is 14.7 Å². The van der Waals surface area contributed by atoms with E-state index in [4.69, 9.17) is 11.0 Å². The van der Waals surface area contributed by atoms with Crippen molar-refractivity contribution in [2.45, 2.75) is 51.7 Å².